The summed E-state index contributed by atoms with van der Waals surface area (Å²) in [6.07, 6.45) is 1.20. The second-order valence-corrected chi connectivity index (χ2v) is 12.3. The van der Waals surface area contributed by atoms with Gasteiger partial charge >= 0.3 is 11.9 Å². The summed E-state index contributed by atoms with van der Waals surface area (Å²) in [5.74, 6) is -2.97. The van der Waals surface area contributed by atoms with Crippen LogP contribution in [0.4, 0.5) is 51.2 Å². The molecule has 0 aromatic heterocycles. The molecule has 6 aromatic carbocycles. The third-order valence-corrected chi connectivity index (χ3v) is 8.38. The highest BCUT2D eigenvalue weighted by Crippen LogP contribution is 2.45. The number of methoxy groups -OCH3 is 1. The number of carboxylic acids is 2. The molecule has 0 heterocycles. The summed E-state index contributed by atoms with van der Waals surface area (Å²) in [6, 6.07) is 28.2. The van der Waals surface area contributed by atoms with Gasteiger partial charge in [0.2, 0.25) is 0 Å². The number of carboxylic acid groups (broad SMARTS) is 2. The van der Waals surface area contributed by atoms with Crippen LogP contribution >= 0.6 is 12.0 Å². The molecule has 19 heteroatoms. The number of aromatic hydroxyl groups is 2. The lowest BCUT2D eigenvalue weighted by Crippen LogP contribution is -1.96. The number of aromatic carboxylic acids is 2. The third-order valence-electron chi connectivity index (χ3n) is 7.76. The van der Waals surface area contributed by atoms with Gasteiger partial charge in [0.1, 0.15) is 22.7 Å². The quantitative estimate of drug-likeness (QED) is 0.0142. The Morgan fingerprint density at radius 1 is 0.667 bits per heavy atom. The van der Waals surface area contributed by atoms with E-state index >= 15 is 0 Å². The summed E-state index contributed by atoms with van der Waals surface area (Å²) in [6.45, 7) is 0. The fourth-order valence-electron chi connectivity index (χ4n) is 5.04. The van der Waals surface area contributed by atoms with Crippen LogP contribution in [0.3, 0.4) is 0 Å². The van der Waals surface area contributed by atoms with E-state index in [1.54, 1.807) is 78.9 Å². The van der Waals surface area contributed by atoms with Gasteiger partial charge in [0.15, 0.2) is 12.2 Å². The highest BCUT2D eigenvalue weighted by atomic mass is 32.2. The van der Waals surface area contributed by atoms with Crippen molar-refractivity contribution in [3.8, 4) is 11.5 Å². The second-order valence-electron chi connectivity index (χ2n) is 11.5. The van der Waals surface area contributed by atoms with E-state index in [0.717, 1.165) is 0 Å². The Hall–Kier alpha value is -7.58. The molecule has 0 aliphatic carbocycles. The number of carbonyl (C=O) groups is 2. The first kappa shape index (κ1) is 39.1. The van der Waals surface area contributed by atoms with E-state index in [1.807, 2.05) is 0 Å². The molecule has 0 saturated heterocycles. The smallest absolute Gasteiger partial charge is 0.339 e. The average Bonchev–Trinajstić information content (AvgIpc) is 3.21. The van der Waals surface area contributed by atoms with Crippen LogP contribution in [0.5, 0.6) is 11.5 Å². The van der Waals surface area contributed by atoms with Crippen LogP contribution in [-0.2, 0) is 14.1 Å². The van der Waals surface area contributed by atoms with E-state index in [0.29, 0.717) is 62.6 Å². The highest BCUT2D eigenvalue weighted by Gasteiger charge is 2.16. The van der Waals surface area contributed by atoms with Crippen LogP contribution in [0.15, 0.2) is 150 Å². The highest BCUT2D eigenvalue weighted by molar-refractivity contribution is 7.94. The normalized spacial score (nSPS) is 11.7. The topological polar surface area (TPSA) is 262 Å². The van der Waals surface area contributed by atoms with Gasteiger partial charge < -0.3 is 30.5 Å². The third kappa shape index (κ3) is 9.95. The molecule has 0 amide bonds. The average molecular weight is 789 g/mol. The Kier molecular flexibility index (Phi) is 12.5. The Morgan fingerprint density at radius 3 is 1.98 bits per heavy atom. The second kappa shape index (κ2) is 18.2. The van der Waals surface area contributed by atoms with E-state index in [-0.39, 0.29) is 38.9 Å². The Bertz CT molecular complexity index is 2570. The van der Waals surface area contributed by atoms with Crippen LogP contribution in [0.2, 0.25) is 0 Å². The standard InChI is InChI=1S/C38H28N8O10S/c1-54-20-39-32-19-28(12-14-31(32)45-42-25-10-8-24(9-11-25)41-43-27-13-15-33(47)30(18-27)38(51)52)44-46-35-34(57-56-55-53)16-22-4-7-26(17-29(22)36(35)48)40-23-5-2-21(3-6-23)37(49)50/h2-20,40,47-48,53H,1H3,(H,49,50)(H,51,52)/b39-20-,43-41?,45-42?,46-44?. The predicted octanol–water partition coefficient (Wildman–Crippen LogP) is 11.4. The number of phenolic OH excluding ortho intramolecular Hbond substituents is 1. The zero-order chi connectivity index (χ0) is 40.3. The molecule has 18 nitrogen and oxygen atoms in total. The van der Waals surface area contributed by atoms with Crippen molar-refractivity contribution in [3.05, 3.63) is 120 Å². The molecule has 0 atom stereocenters. The van der Waals surface area contributed by atoms with Crippen LogP contribution < -0.4 is 5.32 Å². The fraction of sp³-hybridized carbons (Fsp3) is 0.0263. The molecule has 0 aliphatic rings. The van der Waals surface area contributed by atoms with Crippen molar-refractivity contribution in [2.45, 2.75) is 4.90 Å². The molecule has 6 N–H and O–H groups in total. The van der Waals surface area contributed by atoms with Gasteiger partial charge in [0.25, 0.3) is 0 Å². The largest absolute Gasteiger partial charge is 0.507 e. The molecule has 0 bridgehead atoms. The molecular weight excluding hydrogens is 761 g/mol. The number of aliphatic imine (C=N–C) groups is 1. The Labute approximate surface area is 325 Å². The molecule has 6 rings (SSSR count). The summed E-state index contributed by atoms with van der Waals surface area (Å²) in [4.78, 5) is 27.0. The van der Waals surface area contributed by atoms with E-state index in [2.05, 4.69) is 50.4 Å². The molecule has 6 aromatic rings. The molecule has 0 radical (unpaired) electrons. The number of phenols is 2. The number of benzene rings is 6. The van der Waals surface area contributed by atoms with Gasteiger partial charge in [-0.3, -0.25) is 0 Å². The first-order chi connectivity index (χ1) is 27.6. The lowest BCUT2D eigenvalue weighted by molar-refractivity contribution is -0.432. The number of nitrogens with one attached hydrogen (secondary N) is 1. The summed E-state index contributed by atoms with van der Waals surface area (Å²) in [7, 11) is 1.43. The lowest BCUT2D eigenvalue weighted by Gasteiger charge is -2.12. The number of rotatable bonds is 15. The van der Waals surface area contributed by atoms with Crippen LogP contribution in [0, 0.1) is 0 Å². The van der Waals surface area contributed by atoms with E-state index in [1.165, 1.54) is 43.8 Å². The van der Waals surface area contributed by atoms with Gasteiger partial charge in [-0.2, -0.15) is 20.5 Å². The van der Waals surface area contributed by atoms with Crippen LogP contribution in [-0.4, -0.2) is 51.1 Å². The van der Waals surface area contributed by atoms with E-state index in [9.17, 15) is 30.0 Å². The van der Waals surface area contributed by atoms with Gasteiger partial charge in [0.05, 0.1) is 58.0 Å². The van der Waals surface area contributed by atoms with Crippen LogP contribution in [0.1, 0.15) is 20.7 Å². The van der Waals surface area contributed by atoms with Crippen molar-refractivity contribution < 1.29 is 49.4 Å². The molecule has 0 fully saturated rings. The van der Waals surface area contributed by atoms with Gasteiger partial charge in [-0.05, 0) is 109 Å². The molecule has 57 heavy (non-hydrogen) atoms. The number of hydrogen-bond acceptors (Lipinski definition) is 17. The Balaban J connectivity index is 1.23. The van der Waals surface area contributed by atoms with Gasteiger partial charge in [0, 0.05) is 16.8 Å². The number of azo groups is 3. The minimum absolute atomic E-state index is 0.00530. The number of ether oxygens (including phenoxy) is 1. The van der Waals surface area contributed by atoms with Gasteiger partial charge in [-0.25, -0.2) is 19.8 Å². The molecule has 0 saturated carbocycles. The van der Waals surface area contributed by atoms with E-state index < -0.39 is 11.9 Å². The molecule has 0 spiro atoms. The monoisotopic (exact) mass is 788 g/mol. The zero-order valence-corrected chi connectivity index (χ0v) is 30.1. The summed E-state index contributed by atoms with van der Waals surface area (Å²) >= 11 is 0.591. The number of fused-ring (bicyclic) bond motifs is 1. The molecule has 286 valence electrons. The minimum atomic E-state index is -1.29. The Morgan fingerprint density at radius 2 is 1.30 bits per heavy atom. The maximum atomic E-state index is 11.4. The van der Waals surface area contributed by atoms with Gasteiger partial charge in [-0.1, -0.05) is 11.1 Å². The fourth-order valence-corrected chi connectivity index (χ4v) is 5.54. The van der Waals surface area contributed by atoms with E-state index in [4.69, 9.17) is 9.99 Å². The maximum Gasteiger partial charge on any atom is 0.339 e. The zero-order valence-electron chi connectivity index (χ0n) is 29.3. The summed E-state index contributed by atoms with van der Waals surface area (Å²) in [5, 5.41) is 81.5. The van der Waals surface area contributed by atoms with Crippen molar-refractivity contribution in [3.63, 3.8) is 0 Å². The van der Waals surface area contributed by atoms with Crippen molar-refractivity contribution in [1.29, 1.82) is 0 Å². The summed E-state index contributed by atoms with van der Waals surface area (Å²) in [5.41, 5.74) is 3.20. The number of hydrogen-bond donors (Lipinski definition) is 6. The lowest BCUT2D eigenvalue weighted by atomic mass is 10.1. The van der Waals surface area contributed by atoms with Gasteiger partial charge in [-0.15, -0.1) is 14.6 Å². The van der Waals surface area contributed by atoms with Crippen molar-refractivity contribution in [1.82, 2.24) is 0 Å². The minimum Gasteiger partial charge on any atom is -0.507 e. The van der Waals surface area contributed by atoms with Crippen LogP contribution in [0.25, 0.3) is 10.8 Å². The van der Waals surface area contributed by atoms with Crippen molar-refractivity contribution >= 4 is 92.3 Å². The predicted molar refractivity (Wildman–Crippen MR) is 209 cm³/mol. The van der Waals surface area contributed by atoms with Crippen molar-refractivity contribution in [2.75, 3.05) is 12.4 Å². The maximum absolute atomic E-state index is 11.4. The molecule has 0 aliphatic heterocycles. The molecule has 0 unspecified atom stereocenters. The SMILES string of the molecule is CO/C=N\c1cc(N=Nc2c(SOOO)cc3ccc(Nc4ccc(C(=O)O)cc4)cc3c2O)ccc1N=Nc1ccc(N=Nc2ccc(O)c(C(=O)O)c2)cc1. The first-order valence-corrected chi connectivity index (χ1v) is 17.0. The van der Waals surface area contributed by atoms with Crippen molar-refractivity contribution in [2.24, 2.45) is 35.7 Å². The number of nitrogens with zero attached hydrogens (tertiary/aromatic N) is 7. The number of anilines is 2. The summed E-state index contributed by atoms with van der Waals surface area (Å²) < 4.78 is 9.66. The first-order valence-electron chi connectivity index (χ1n) is 16.3. The molecular formula is C38H28N8O10S.